The highest BCUT2D eigenvalue weighted by Gasteiger charge is 2.38. The summed E-state index contributed by atoms with van der Waals surface area (Å²) in [5.74, 6) is 4.26. The van der Waals surface area contributed by atoms with Gasteiger partial charge >= 0.3 is 0 Å². The SMILES string of the molecule is SCc1cc(C2CC3CCC2CC3)on1. The first-order valence-corrected chi connectivity index (χ1v) is 6.56. The maximum absolute atomic E-state index is 5.45. The van der Waals surface area contributed by atoms with Crippen LogP contribution in [-0.2, 0) is 5.75 Å². The van der Waals surface area contributed by atoms with Gasteiger partial charge < -0.3 is 4.52 Å². The first kappa shape index (κ1) is 9.76. The molecule has 3 heteroatoms. The van der Waals surface area contributed by atoms with Gasteiger partial charge in [0.25, 0.3) is 0 Å². The number of thiol groups is 1. The number of nitrogens with zero attached hydrogens (tertiary/aromatic N) is 1. The van der Waals surface area contributed by atoms with Crippen molar-refractivity contribution in [3.05, 3.63) is 17.5 Å². The second kappa shape index (κ2) is 3.85. The van der Waals surface area contributed by atoms with Crippen LogP contribution >= 0.6 is 12.6 Å². The molecule has 2 nitrogen and oxygen atoms in total. The Labute approximate surface area is 95.8 Å². The van der Waals surface area contributed by atoms with E-state index in [-0.39, 0.29) is 0 Å². The maximum atomic E-state index is 5.45. The summed E-state index contributed by atoms with van der Waals surface area (Å²) >= 11 is 4.22. The molecule has 0 spiro atoms. The van der Waals surface area contributed by atoms with Crippen molar-refractivity contribution >= 4 is 12.6 Å². The van der Waals surface area contributed by atoms with Gasteiger partial charge in [-0.25, -0.2) is 0 Å². The van der Waals surface area contributed by atoms with Crippen LogP contribution in [0.3, 0.4) is 0 Å². The molecule has 0 N–H and O–H groups in total. The van der Waals surface area contributed by atoms with Crippen molar-refractivity contribution in [2.45, 2.75) is 43.8 Å². The fourth-order valence-electron chi connectivity index (χ4n) is 3.30. The predicted molar refractivity (Wildman–Crippen MR) is 62.0 cm³/mol. The van der Waals surface area contributed by atoms with Crippen LogP contribution in [0, 0.1) is 11.8 Å². The minimum atomic E-state index is 0.652. The van der Waals surface area contributed by atoms with Gasteiger partial charge in [-0.2, -0.15) is 12.6 Å². The molecule has 0 aromatic carbocycles. The molecule has 3 aliphatic rings. The van der Waals surface area contributed by atoms with Crippen molar-refractivity contribution < 1.29 is 4.52 Å². The van der Waals surface area contributed by atoms with Crippen molar-refractivity contribution in [1.82, 2.24) is 5.16 Å². The van der Waals surface area contributed by atoms with Crippen LogP contribution in [0.4, 0.5) is 0 Å². The summed E-state index contributed by atoms with van der Waals surface area (Å²) < 4.78 is 5.45. The molecule has 4 rings (SSSR count). The lowest BCUT2D eigenvalue weighted by atomic mass is 9.64. The topological polar surface area (TPSA) is 26.0 Å². The van der Waals surface area contributed by atoms with Gasteiger partial charge in [0.15, 0.2) is 0 Å². The Balaban J connectivity index is 1.81. The molecule has 0 radical (unpaired) electrons. The molecule has 0 aliphatic heterocycles. The monoisotopic (exact) mass is 223 g/mol. The third-order valence-electron chi connectivity index (χ3n) is 4.15. The molecule has 1 atom stereocenters. The number of rotatable bonds is 2. The predicted octanol–water partition coefficient (Wildman–Crippen LogP) is 3.40. The summed E-state index contributed by atoms with van der Waals surface area (Å²) in [6, 6.07) is 2.11. The Hall–Kier alpha value is -0.440. The van der Waals surface area contributed by atoms with Crippen LogP contribution in [0.1, 0.15) is 49.5 Å². The van der Waals surface area contributed by atoms with E-state index >= 15 is 0 Å². The molecule has 3 saturated carbocycles. The molecule has 15 heavy (non-hydrogen) atoms. The smallest absolute Gasteiger partial charge is 0.140 e. The second-order valence-corrected chi connectivity index (χ2v) is 5.32. The lowest BCUT2D eigenvalue weighted by Crippen LogP contribution is -2.29. The van der Waals surface area contributed by atoms with Gasteiger partial charge in [0.05, 0.1) is 5.69 Å². The van der Waals surface area contributed by atoms with Crippen molar-refractivity contribution in [1.29, 1.82) is 0 Å². The van der Waals surface area contributed by atoms with E-state index in [1.165, 1.54) is 32.1 Å². The fraction of sp³-hybridized carbons (Fsp3) is 0.750. The van der Waals surface area contributed by atoms with Crippen LogP contribution in [0.25, 0.3) is 0 Å². The number of fused-ring (bicyclic) bond motifs is 3. The Morgan fingerprint density at radius 1 is 1.33 bits per heavy atom. The molecule has 1 heterocycles. The van der Waals surface area contributed by atoms with Crippen molar-refractivity contribution in [3.8, 4) is 0 Å². The summed E-state index contributed by atoms with van der Waals surface area (Å²) in [6.45, 7) is 0. The van der Waals surface area contributed by atoms with Crippen LogP contribution in [0.5, 0.6) is 0 Å². The number of aromatic nitrogens is 1. The Kier molecular flexibility index (Phi) is 2.51. The zero-order valence-electron chi connectivity index (χ0n) is 8.85. The van der Waals surface area contributed by atoms with Crippen LogP contribution in [0.2, 0.25) is 0 Å². The zero-order valence-corrected chi connectivity index (χ0v) is 9.75. The van der Waals surface area contributed by atoms with Gasteiger partial charge in [-0.15, -0.1) is 0 Å². The minimum Gasteiger partial charge on any atom is -0.361 e. The molecule has 1 aromatic rings. The fourth-order valence-corrected chi connectivity index (χ4v) is 3.45. The van der Waals surface area contributed by atoms with Gasteiger partial charge in [0.1, 0.15) is 5.76 Å². The largest absolute Gasteiger partial charge is 0.361 e. The Morgan fingerprint density at radius 3 is 2.67 bits per heavy atom. The molecule has 2 bridgehead atoms. The van der Waals surface area contributed by atoms with Crippen molar-refractivity contribution in [2.75, 3.05) is 0 Å². The number of hydrogen-bond donors (Lipinski definition) is 1. The maximum Gasteiger partial charge on any atom is 0.140 e. The van der Waals surface area contributed by atoms with E-state index in [2.05, 4.69) is 23.9 Å². The highest BCUT2D eigenvalue weighted by molar-refractivity contribution is 7.79. The Bertz CT molecular complexity index is 341. The average Bonchev–Trinajstić information content (AvgIpc) is 2.79. The zero-order chi connectivity index (χ0) is 10.3. The van der Waals surface area contributed by atoms with Crippen LogP contribution in [-0.4, -0.2) is 5.16 Å². The van der Waals surface area contributed by atoms with E-state index in [1.807, 2.05) is 0 Å². The molecule has 1 aromatic heterocycles. The molecule has 0 saturated heterocycles. The first-order valence-electron chi connectivity index (χ1n) is 5.93. The van der Waals surface area contributed by atoms with E-state index in [0.29, 0.717) is 11.7 Å². The standard InChI is InChI=1S/C12H17NOS/c15-7-10-6-12(14-13-10)11-5-8-1-3-9(11)4-2-8/h6,8-9,11,15H,1-5,7H2. The van der Waals surface area contributed by atoms with Crippen LogP contribution < -0.4 is 0 Å². The third kappa shape index (κ3) is 1.71. The Morgan fingerprint density at radius 2 is 2.13 bits per heavy atom. The molecular weight excluding hydrogens is 206 g/mol. The number of hydrogen-bond acceptors (Lipinski definition) is 3. The van der Waals surface area contributed by atoms with Gasteiger partial charge in [-0.05, 0) is 31.1 Å². The van der Waals surface area contributed by atoms with E-state index in [0.717, 1.165) is 23.3 Å². The van der Waals surface area contributed by atoms with Crippen molar-refractivity contribution in [2.24, 2.45) is 11.8 Å². The third-order valence-corrected chi connectivity index (χ3v) is 4.48. The van der Waals surface area contributed by atoms with Gasteiger partial charge in [0.2, 0.25) is 0 Å². The summed E-state index contributed by atoms with van der Waals surface area (Å²) in [5, 5.41) is 4.04. The molecule has 0 amide bonds. The minimum absolute atomic E-state index is 0.652. The summed E-state index contributed by atoms with van der Waals surface area (Å²) in [4.78, 5) is 0. The van der Waals surface area contributed by atoms with E-state index in [1.54, 1.807) is 0 Å². The summed E-state index contributed by atoms with van der Waals surface area (Å²) in [7, 11) is 0. The van der Waals surface area contributed by atoms with Gasteiger partial charge in [-0.1, -0.05) is 18.0 Å². The highest BCUT2D eigenvalue weighted by Crippen LogP contribution is 2.49. The van der Waals surface area contributed by atoms with Gasteiger partial charge in [0, 0.05) is 17.7 Å². The lowest BCUT2D eigenvalue weighted by molar-refractivity contribution is 0.126. The highest BCUT2D eigenvalue weighted by atomic mass is 32.1. The quantitative estimate of drug-likeness (QED) is 0.778. The van der Waals surface area contributed by atoms with Crippen LogP contribution in [0.15, 0.2) is 10.6 Å². The molecule has 3 aliphatic carbocycles. The molecular formula is C12H17NOS. The average molecular weight is 223 g/mol. The summed E-state index contributed by atoms with van der Waals surface area (Å²) in [6.07, 6.45) is 6.99. The summed E-state index contributed by atoms with van der Waals surface area (Å²) in [5.41, 5.74) is 0.981. The molecule has 82 valence electrons. The van der Waals surface area contributed by atoms with E-state index in [4.69, 9.17) is 4.52 Å². The van der Waals surface area contributed by atoms with Gasteiger partial charge in [-0.3, -0.25) is 0 Å². The molecule has 1 unspecified atom stereocenters. The second-order valence-electron chi connectivity index (χ2n) is 5.00. The normalized spacial score (nSPS) is 34.6. The lowest BCUT2D eigenvalue weighted by Gasteiger charge is -2.41. The van der Waals surface area contributed by atoms with E-state index in [9.17, 15) is 0 Å². The van der Waals surface area contributed by atoms with Crippen molar-refractivity contribution in [3.63, 3.8) is 0 Å². The molecule has 3 fully saturated rings. The van der Waals surface area contributed by atoms with E-state index < -0.39 is 0 Å². The first-order chi connectivity index (χ1) is 7.36.